The third kappa shape index (κ3) is 3.94. The predicted molar refractivity (Wildman–Crippen MR) is 128 cm³/mol. The molecule has 0 amide bonds. The molecule has 0 spiro atoms. The zero-order valence-corrected chi connectivity index (χ0v) is 20.6. The van der Waals surface area contributed by atoms with Crippen LogP contribution in [0.5, 0.6) is 0 Å². The normalized spacial score (nSPS) is 41.9. The lowest BCUT2D eigenvalue weighted by atomic mass is 9.49. The van der Waals surface area contributed by atoms with Crippen LogP contribution in [-0.4, -0.2) is 60.0 Å². The molecule has 5 heteroatoms. The van der Waals surface area contributed by atoms with Crippen molar-refractivity contribution in [2.45, 2.75) is 82.5 Å². The summed E-state index contributed by atoms with van der Waals surface area (Å²) in [7, 11) is 1.73. The minimum Gasteiger partial charge on any atom is -0.462 e. The van der Waals surface area contributed by atoms with Gasteiger partial charge in [0, 0.05) is 25.0 Å². The molecule has 0 aromatic heterocycles. The van der Waals surface area contributed by atoms with E-state index in [2.05, 4.69) is 49.1 Å². The third-order valence-electron chi connectivity index (χ3n) is 9.98. The maximum atomic E-state index is 13.0. The van der Waals surface area contributed by atoms with Gasteiger partial charge in [0.1, 0.15) is 6.10 Å². The number of aliphatic hydroxyl groups is 1. The highest BCUT2D eigenvalue weighted by atomic mass is 16.6. The molecule has 5 rings (SSSR count). The maximum absolute atomic E-state index is 13.0. The summed E-state index contributed by atoms with van der Waals surface area (Å²) in [5, 5.41) is 12.1. The Bertz CT molecular complexity index is 853. The molecule has 2 saturated heterocycles. The number of hydrogen-bond acceptors (Lipinski definition) is 5. The molecule has 1 aromatic rings. The summed E-state index contributed by atoms with van der Waals surface area (Å²) in [6, 6.07) is 10.8. The second-order valence-electron chi connectivity index (χ2n) is 11.8. The smallest absolute Gasteiger partial charge is 0.310 e. The number of hydrogen-bond donors (Lipinski definition) is 1. The van der Waals surface area contributed by atoms with Crippen molar-refractivity contribution in [1.82, 2.24) is 4.90 Å². The Morgan fingerprint density at radius 1 is 1.12 bits per heavy atom. The molecular formula is C28H41NO4. The van der Waals surface area contributed by atoms with Crippen molar-refractivity contribution in [1.29, 1.82) is 0 Å². The van der Waals surface area contributed by atoms with Gasteiger partial charge in [0.05, 0.1) is 17.1 Å². The van der Waals surface area contributed by atoms with Crippen LogP contribution >= 0.6 is 0 Å². The number of fused-ring (bicyclic) bond motifs is 2. The lowest BCUT2D eigenvalue weighted by molar-refractivity contribution is -0.270. The second kappa shape index (κ2) is 8.66. The first kappa shape index (κ1) is 23.3. The van der Waals surface area contributed by atoms with E-state index in [0.717, 1.165) is 51.7 Å². The number of esters is 1. The second-order valence-corrected chi connectivity index (χ2v) is 11.8. The van der Waals surface area contributed by atoms with Crippen LogP contribution < -0.4 is 0 Å². The van der Waals surface area contributed by atoms with Gasteiger partial charge in [-0.25, -0.2) is 0 Å². The third-order valence-corrected chi connectivity index (χ3v) is 9.98. The summed E-state index contributed by atoms with van der Waals surface area (Å²) in [6.45, 7) is 7.08. The van der Waals surface area contributed by atoms with Gasteiger partial charge < -0.3 is 19.5 Å². The highest BCUT2D eigenvalue weighted by molar-refractivity contribution is 5.75. The first-order valence-electron chi connectivity index (χ1n) is 13.0. The summed E-state index contributed by atoms with van der Waals surface area (Å²) in [5.74, 6) is 0.594. The largest absolute Gasteiger partial charge is 0.462 e. The minimum absolute atomic E-state index is 0.0543. The molecule has 4 fully saturated rings. The van der Waals surface area contributed by atoms with Crippen LogP contribution in [-0.2, 0) is 20.7 Å². The number of piperidine rings is 1. The van der Waals surface area contributed by atoms with Crippen molar-refractivity contribution in [2.75, 3.05) is 26.7 Å². The van der Waals surface area contributed by atoms with Crippen molar-refractivity contribution in [2.24, 2.45) is 23.2 Å². The molecule has 1 aromatic carbocycles. The lowest BCUT2D eigenvalue weighted by Gasteiger charge is -2.62. The monoisotopic (exact) mass is 455 g/mol. The van der Waals surface area contributed by atoms with Gasteiger partial charge in [0.25, 0.3) is 0 Å². The summed E-state index contributed by atoms with van der Waals surface area (Å²) >= 11 is 0. The summed E-state index contributed by atoms with van der Waals surface area (Å²) < 4.78 is 11.9. The van der Waals surface area contributed by atoms with Crippen molar-refractivity contribution < 1.29 is 19.4 Å². The number of likely N-dealkylation sites (tertiary alicyclic amines) is 1. The number of carbonyl (C=O) groups is 1. The van der Waals surface area contributed by atoms with E-state index in [1.54, 1.807) is 7.11 Å². The Hall–Kier alpha value is -1.43. The van der Waals surface area contributed by atoms with Crippen molar-refractivity contribution in [3.8, 4) is 0 Å². The molecule has 5 nitrogen and oxygen atoms in total. The number of ether oxygens (including phenoxy) is 2. The van der Waals surface area contributed by atoms with Crippen LogP contribution in [0.4, 0.5) is 0 Å². The molecule has 33 heavy (non-hydrogen) atoms. The van der Waals surface area contributed by atoms with Crippen molar-refractivity contribution >= 4 is 5.97 Å². The summed E-state index contributed by atoms with van der Waals surface area (Å²) in [6.07, 6.45) is 7.63. The topological polar surface area (TPSA) is 59.0 Å². The van der Waals surface area contributed by atoms with E-state index >= 15 is 0 Å². The van der Waals surface area contributed by atoms with Gasteiger partial charge in [-0.05, 0) is 82.9 Å². The van der Waals surface area contributed by atoms with E-state index < -0.39 is 11.2 Å². The van der Waals surface area contributed by atoms with Gasteiger partial charge in [-0.1, -0.05) is 37.3 Å². The number of carbonyl (C=O) groups excluding carboxylic acids is 1. The van der Waals surface area contributed by atoms with Crippen molar-refractivity contribution in [3.63, 3.8) is 0 Å². The van der Waals surface area contributed by atoms with E-state index in [-0.39, 0.29) is 29.3 Å². The average Bonchev–Trinajstić information content (AvgIpc) is 3.08. The van der Waals surface area contributed by atoms with Gasteiger partial charge in [0.2, 0.25) is 0 Å². The molecule has 2 saturated carbocycles. The SMILES string of the molecule is CO[C@]1(C)CCC[C@]2(C)C[C@H]3OC(=O)[C@H](CN4CCC(Cc5ccccc5)CC4)[C@H]3C[C@@]21O. The summed E-state index contributed by atoms with van der Waals surface area (Å²) in [4.78, 5) is 15.5. The Morgan fingerprint density at radius 3 is 2.55 bits per heavy atom. The van der Waals surface area contributed by atoms with E-state index in [4.69, 9.17) is 9.47 Å². The molecular weight excluding hydrogens is 414 g/mol. The predicted octanol–water partition coefficient (Wildman–Crippen LogP) is 4.22. The highest BCUT2D eigenvalue weighted by Gasteiger charge is 2.67. The van der Waals surface area contributed by atoms with E-state index in [1.165, 1.54) is 18.4 Å². The Kier molecular flexibility index (Phi) is 6.12. The molecule has 0 radical (unpaired) electrons. The molecule has 2 heterocycles. The molecule has 0 bridgehead atoms. The Labute approximate surface area is 198 Å². The van der Waals surface area contributed by atoms with Crippen LogP contribution in [0.15, 0.2) is 30.3 Å². The van der Waals surface area contributed by atoms with Gasteiger partial charge in [0.15, 0.2) is 0 Å². The quantitative estimate of drug-likeness (QED) is 0.674. The maximum Gasteiger partial charge on any atom is 0.310 e. The fourth-order valence-electron chi connectivity index (χ4n) is 7.69. The van der Waals surface area contributed by atoms with E-state index in [0.29, 0.717) is 12.3 Å². The molecule has 6 atom stereocenters. The standard InChI is InChI=1S/C28H41NO4/c1-26-12-7-13-27(2,32-3)28(26,31)17-22-23(25(30)33-24(22)18-26)19-29-14-10-21(11-15-29)16-20-8-5-4-6-9-20/h4-6,8-9,21-24,31H,7,10-19H2,1-3H3/t22-,23-,24-,26-,27-,28-/m1/s1. The van der Waals surface area contributed by atoms with Crippen LogP contribution in [0.1, 0.15) is 64.4 Å². The molecule has 2 aliphatic carbocycles. The van der Waals surface area contributed by atoms with Gasteiger partial charge in [-0.15, -0.1) is 0 Å². The first-order chi connectivity index (χ1) is 15.8. The van der Waals surface area contributed by atoms with Crippen LogP contribution in [0.2, 0.25) is 0 Å². The minimum atomic E-state index is -0.928. The van der Waals surface area contributed by atoms with Gasteiger partial charge >= 0.3 is 5.97 Å². The zero-order valence-electron chi connectivity index (χ0n) is 20.6. The van der Waals surface area contributed by atoms with Crippen LogP contribution in [0, 0.1) is 23.2 Å². The number of methoxy groups -OCH3 is 1. The average molecular weight is 456 g/mol. The van der Waals surface area contributed by atoms with Crippen LogP contribution in [0.3, 0.4) is 0 Å². The lowest BCUT2D eigenvalue weighted by Crippen LogP contribution is -2.69. The van der Waals surface area contributed by atoms with Crippen LogP contribution in [0.25, 0.3) is 0 Å². The molecule has 4 aliphatic rings. The molecule has 2 aliphatic heterocycles. The first-order valence-corrected chi connectivity index (χ1v) is 13.0. The Balaban J connectivity index is 1.25. The number of benzene rings is 1. The van der Waals surface area contributed by atoms with Gasteiger partial charge in [-0.2, -0.15) is 0 Å². The molecule has 0 unspecified atom stereocenters. The fraction of sp³-hybridized carbons (Fsp3) is 0.750. The number of rotatable bonds is 5. The summed E-state index contributed by atoms with van der Waals surface area (Å²) in [5.41, 5.74) is -0.354. The van der Waals surface area contributed by atoms with E-state index in [9.17, 15) is 9.90 Å². The molecule has 182 valence electrons. The Morgan fingerprint density at radius 2 is 1.85 bits per heavy atom. The fourth-order valence-corrected chi connectivity index (χ4v) is 7.69. The highest BCUT2D eigenvalue weighted by Crippen LogP contribution is 2.61. The zero-order chi connectivity index (χ0) is 23.3. The molecule has 1 N–H and O–H groups in total. The van der Waals surface area contributed by atoms with E-state index in [1.807, 2.05) is 0 Å². The van der Waals surface area contributed by atoms with Crippen molar-refractivity contribution in [3.05, 3.63) is 35.9 Å². The van der Waals surface area contributed by atoms with Gasteiger partial charge in [-0.3, -0.25) is 4.79 Å². The number of nitrogens with zero attached hydrogens (tertiary/aromatic N) is 1.